The molecule has 1 atom stereocenters. The molecule has 0 N–H and O–H groups in total. The highest BCUT2D eigenvalue weighted by Crippen LogP contribution is 2.29. The van der Waals surface area contributed by atoms with Crippen LogP contribution in [0.25, 0.3) is 0 Å². The van der Waals surface area contributed by atoms with Crippen LogP contribution in [-0.2, 0) is 19.1 Å². The predicted octanol–water partition coefficient (Wildman–Crippen LogP) is 2.58. The Morgan fingerprint density at radius 2 is 1.68 bits per heavy atom. The van der Waals surface area contributed by atoms with Crippen LogP contribution in [-0.4, -0.2) is 30.3 Å². The number of hydrogen-bond acceptors (Lipinski definition) is 4. The maximum absolute atomic E-state index is 13.4. The third kappa shape index (κ3) is 5.23. The number of rotatable bonds is 5. The summed E-state index contributed by atoms with van der Waals surface area (Å²) in [6, 6.07) is 0. The fourth-order valence-corrected chi connectivity index (χ4v) is 0.948. The van der Waals surface area contributed by atoms with Crippen molar-refractivity contribution in [3.05, 3.63) is 12.2 Å². The Morgan fingerprint density at radius 3 is 2.00 bits per heavy atom. The highest BCUT2D eigenvalue weighted by molar-refractivity contribution is 5.87. The lowest BCUT2D eigenvalue weighted by atomic mass is 10.1. The lowest BCUT2D eigenvalue weighted by Crippen LogP contribution is -2.46. The molecule has 0 amide bonds. The molecule has 1 unspecified atom stereocenters. The molecule has 9 heteroatoms. The van der Waals surface area contributed by atoms with Crippen molar-refractivity contribution in [1.82, 2.24) is 0 Å². The van der Waals surface area contributed by atoms with Gasteiger partial charge in [-0.05, 0) is 13.3 Å². The normalized spacial score (nSPS) is 13.6. The molecule has 0 aliphatic heterocycles. The van der Waals surface area contributed by atoms with Gasteiger partial charge in [-0.1, -0.05) is 13.5 Å². The van der Waals surface area contributed by atoms with E-state index in [9.17, 15) is 31.5 Å². The first-order valence-corrected chi connectivity index (χ1v) is 4.96. The molecule has 0 aromatic heterocycles. The number of hydrogen-bond donors (Lipinski definition) is 0. The zero-order valence-electron chi connectivity index (χ0n) is 10.0. The molecule has 4 nitrogen and oxygen atoms in total. The minimum absolute atomic E-state index is 0.238. The predicted molar refractivity (Wildman–Crippen MR) is 52.1 cm³/mol. The SMILES string of the molecule is C=C(C)C(=O)OC(CC)C(F)(F)C(=O)OC(F)(F)F. The fraction of sp³-hybridized carbons (Fsp3) is 0.600. The van der Waals surface area contributed by atoms with Crippen LogP contribution < -0.4 is 0 Å². The van der Waals surface area contributed by atoms with Crippen molar-refractivity contribution in [2.75, 3.05) is 0 Å². The summed E-state index contributed by atoms with van der Waals surface area (Å²) in [4.78, 5) is 21.8. The Kier molecular flexibility index (Phi) is 5.46. The number of esters is 2. The lowest BCUT2D eigenvalue weighted by molar-refractivity contribution is -0.318. The van der Waals surface area contributed by atoms with Gasteiger partial charge in [0.2, 0.25) is 0 Å². The average Bonchev–Trinajstić information content (AvgIpc) is 2.22. The molecular weight excluding hydrogens is 279 g/mol. The monoisotopic (exact) mass is 290 g/mol. The quantitative estimate of drug-likeness (QED) is 0.443. The standard InChI is InChI=1S/C10H11F5O4/c1-4-6(18-7(16)5(2)3)9(11,12)8(17)19-10(13,14)15/h6H,2,4H2,1,3H3. The zero-order valence-corrected chi connectivity index (χ0v) is 10.0. The molecule has 0 radical (unpaired) electrons. The van der Waals surface area contributed by atoms with E-state index in [4.69, 9.17) is 0 Å². The summed E-state index contributed by atoms with van der Waals surface area (Å²) in [6.07, 6.45) is -8.50. The van der Waals surface area contributed by atoms with Crippen LogP contribution in [0.3, 0.4) is 0 Å². The van der Waals surface area contributed by atoms with Gasteiger partial charge in [-0.25, -0.2) is 9.59 Å². The molecule has 0 aromatic carbocycles. The maximum atomic E-state index is 13.4. The second kappa shape index (κ2) is 5.98. The molecule has 0 bridgehead atoms. The summed E-state index contributed by atoms with van der Waals surface area (Å²) in [5, 5.41) is 0. The van der Waals surface area contributed by atoms with Gasteiger partial charge in [-0.3, -0.25) is 0 Å². The van der Waals surface area contributed by atoms with E-state index < -0.39 is 36.7 Å². The zero-order chi connectivity index (χ0) is 15.4. The third-order valence-corrected chi connectivity index (χ3v) is 1.85. The van der Waals surface area contributed by atoms with E-state index in [2.05, 4.69) is 16.1 Å². The van der Waals surface area contributed by atoms with Gasteiger partial charge >= 0.3 is 24.2 Å². The number of carbonyl (C=O) groups is 2. The van der Waals surface area contributed by atoms with E-state index in [1.165, 1.54) is 0 Å². The third-order valence-electron chi connectivity index (χ3n) is 1.85. The topological polar surface area (TPSA) is 52.6 Å². The Hall–Kier alpha value is -1.67. The van der Waals surface area contributed by atoms with E-state index >= 15 is 0 Å². The summed E-state index contributed by atoms with van der Waals surface area (Å²) >= 11 is 0. The molecule has 110 valence electrons. The summed E-state index contributed by atoms with van der Waals surface area (Å²) < 4.78 is 68.6. The molecule has 0 spiro atoms. The molecular formula is C10H11F5O4. The van der Waals surface area contributed by atoms with Crippen LogP contribution in [0.1, 0.15) is 20.3 Å². The van der Waals surface area contributed by atoms with Crippen LogP contribution in [0.4, 0.5) is 22.0 Å². The van der Waals surface area contributed by atoms with Crippen molar-refractivity contribution in [2.45, 2.75) is 38.7 Å². The molecule has 0 fully saturated rings. The Labute approximate surface area is 105 Å². The first-order chi connectivity index (χ1) is 8.41. The van der Waals surface area contributed by atoms with Gasteiger partial charge in [0.05, 0.1) is 0 Å². The smallest absolute Gasteiger partial charge is 0.452 e. The fourth-order valence-electron chi connectivity index (χ4n) is 0.948. The molecule has 0 aromatic rings. The molecule has 0 rings (SSSR count). The number of carbonyl (C=O) groups excluding carboxylic acids is 2. The lowest BCUT2D eigenvalue weighted by Gasteiger charge is -2.24. The number of alkyl halides is 5. The molecule has 19 heavy (non-hydrogen) atoms. The van der Waals surface area contributed by atoms with E-state index in [1.807, 2.05) is 0 Å². The summed E-state index contributed by atoms with van der Waals surface area (Å²) in [5.41, 5.74) is -0.238. The molecule has 0 aliphatic rings. The minimum Gasteiger partial charge on any atom is -0.452 e. The van der Waals surface area contributed by atoms with Crippen LogP contribution in [0.15, 0.2) is 12.2 Å². The Balaban J connectivity index is 4.97. The van der Waals surface area contributed by atoms with E-state index in [1.54, 1.807) is 0 Å². The van der Waals surface area contributed by atoms with Crippen molar-refractivity contribution < 1.29 is 41.0 Å². The molecule has 0 heterocycles. The maximum Gasteiger partial charge on any atom is 0.575 e. The van der Waals surface area contributed by atoms with E-state index in [0.29, 0.717) is 0 Å². The van der Waals surface area contributed by atoms with Gasteiger partial charge in [0.1, 0.15) is 0 Å². The first kappa shape index (κ1) is 17.3. The van der Waals surface area contributed by atoms with Gasteiger partial charge in [0.25, 0.3) is 0 Å². The first-order valence-electron chi connectivity index (χ1n) is 4.96. The number of halogens is 5. The van der Waals surface area contributed by atoms with Gasteiger partial charge in [-0.15, -0.1) is 13.2 Å². The highest BCUT2D eigenvalue weighted by Gasteiger charge is 2.54. The molecule has 0 saturated carbocycles. The van der Waals surface area contributed by atoms with Crippen molar-refractivity contribution in [1.29, 1.82) is 0 Å². The van der Waals surface area contributed by atoms with Crippen LogP contribution >= 0.6 is 0 Å². The van der Waals surface area contributed by atoms with Crippen molar-refractivity contribution in [3.8, 4) is 0 Å². The van der Waals surface area contributed by atoms with Crippen molar-refractivity contribution in [2.24, 2.45) is 0 Å². The van der Waals surface area contributed by atoms with Gasteiger partial charge < -0.3 is 9.47 Å². The van der Waals surface area contributed by atoms with Crippen molar-refractivity contribution in [3.63, 3.8) is 0 Å². The number of ether oxygens (including phenoxy) is 2. The summed E-state index contributed by atoms with van der Waals surface area (Å²) in [6.45, 7) is 5.37. The minimum atomic E-state index is -5.54. The average molecular weight is 290 g/mol. The van der Waals surface area contributed by atoms with Crippen LogP contribution in [0.2, 0.25) is 0 Å². The van der Waals surface area contributed by atoms with Crippen LogP contribution in [0, 0.1) is 0 Å². The van der Waals surface area contributed by atoms with Crippen molar-refractivity contribution >= 4 is 11.9 Å². The molecule has 0 aliphatic carbocycles. The highest BCUT2D eigenvalue weighted by atomic mass is 19.4. The molecule has 0 saturated heterocycles. The second-order valence-corrected chi connectivity index (χ2v) is 3.54. The summed E-state index contributed by atoms with van der Waals surface area (Å²) in [7, 11) is 0. The second-order valence-electron chi connectivity index (χ2n) is 3.54. The largest absolute Gasteiger partial charge is 0.575 e. The van der Waals surface area contributed by atoms with E-state index in [-0.39, 0.29) is 5.57 Å². The van der Waals surface area contributed by atoms with Gasteiger partial charge in [0.15, 0.2) is 6.10 Å². The van der Waals surface area contributed by atoms with Gasteiger partial charge in [-0.2, -0.15) is 8.78 Å². The Bertz CT molecular complexity index is 375. The Morgan fingerprint density at radius 1 is 1.21 bits per heavy atom. The summed E-state index contributed by atoms with van der Waals surface area (Å²) in [5.74, 6) is -8.69. The van der Waals surface area contributed by atoms with E-state index in [0.717, 1.165) is 13.8 Å². The van der Waals surface area contributed by atoms with Crippen LogP contribution in [0.5, 0.6) is 0 Å². The van der Waals surface area contributed by atoms with Gasteiger partial charge in [0, 0.05) is 5.57 Å².